The maximum absolute atomic E-state index is 13.0. The Hall–Kier alpha value is -3.07. The van der Waals surface area contributed by atoms with Gasteiger partial charge < -0.3 is 13.4 Å². The van der Waals surface area contributed by atoms with Crippen LogP contribution in [0.4, 0.5) is 0 Å². The van der Waals surface area contributed by atoms with Gasteiger partial charge in [-0.2, -0.15) is 5.10 Å². The Morgan fingerprint density at radius 2 is 2.14 bits per heavy atom. The Kier molecular flexibility index (Phi) is 5.16. The molecule has 4 heterocycles. The minimum Gasteiger partial charge on any atom is -0.467 e. The van der Waals surface area contributed by atoms with Crippen molar-refractivity contribution < 1.29 is 13.6 Å². The van der Waals surface area contributed by atoms with Crippen LogP contribution in [0.5, 0.6) is 0 Å². The molecule has 0 radical (unpaired) electrons. The van der Waals surface area contributed by atoms with Crippen LogP contribution in [0.15, 0.2) is 68.5 Å². The van der Waals surface area contributed by atoms with Crippen molar-refractivity contribution in [3.05, 3.63) is 66.8 Å². The van der Waals surface area contributed by atoms with E-state index in [2.05, 4.69) is 21.9 Å². The Labute approximate surface area is 165 Å². The van der Waals surface area contributed by atoms with Crippen LogP contribution in [0.25, 0.3) is 0 Å². The average molecular weight is 397 g/mol. The van der Waals surface area contributed by atoms with Crippen molar-refractivity contribution in [2.75, 3.05) is 5.75 Å². The lowest BCUT2D eigenvalue weighted by Gasteiger charge is -2.19. The quantitative estimate of drug-likeness (QED) is 0.448. The number of amides is 1. The number of hydrazone groups is 1. The molecule has 0 aromatic carbocycles. The van der Waals surface area contributed by atoms with E-state index in [-0.39, 0.29) is 17.7 Å². The first kappa shape index (κ1) is 18.3. The minimum absolute atomic E-state index is 0.140. The summed E-state index contributed by atoms with van der Waals surface area (Å²) in [7, 11) is 0. The summed E-state index contributed by atoms with van der Waals surface area (Å²) in [6.45, 7) is 6.21. The molecular weight excluding hydrogens is 378 g/mol. The summed E-state index contributed by atoms with van der Waals surface area (Å²) < 4.78 is 12.9. The molecule has 0 aliphatic carbocycles. The van der Waals surface area contributed by atoms with Gasteiger partial charge in [-0.05, 0) is 31.2 Å². The molecule has 0 fully saturated rings. The predicted octanol–water partition coefficient (Wildman–Crippen LogP) is 3.43. The number of aromatic nitrogens is 3. The van der Waals surface area contributed by atoms with Crippen LogP contribution < -0.4 is 0 Å². The fraction of sp³-hybridized carbons (Fsp3) is 0.263. The van der Waals surface area contributed by atoms with Gasteiger partial charge in [0, 0.05) is 13.0 Å². The first-order chi connectivity index (χ1) is 13.7. The Balaban J connectivity index is 1.53. The lowest BCUT2D eigenvalue weighted by Crippen LogP contribution is -2.28. The van der Waals surface area contributed by atoms with Gasteiger partial charge in [-0.15, -0.1) is 16.8 Å². The van der Waals surface area contributed by atoms with Crippen LogP contribution in [0.1, 0.15) is 29.8 Å². The lowest BCUT2D eigenvalue weighted by molar-refractivity contribution is -0.130. The van der Waals surface area contributed by atoms with Crippen LogP contribution in [0, 0.1) is 6.92 Å². The third-order valence-electron chi connectivity index (χ3n) is 4.38. The number of hydrogen-bond donors (Lipinski definition) is 0. The van der Waals surface area contributed by atoms with Crippen LogP contribution in [-0.4, -0.2) is 37.1 Å². The van der Waals surface area contributed by atoms with Crippen molar-refractivity contribution in [2.24, 2.45) is 5.10 Å². The molecular formula is C19H19N5O3S. The highest BCUT2D eigenvalue weighted by molar-refractivity contribution is 7.99. The van der Waals surface area contributed by atoms with Crippen molar-refractivity contribution in [2.45, 2.75) is 31.1 Å². The molecule has 3 aromatic heterocycles. The number of nitrogens with zero attached hydrogens (tertiary/aromatic N) is 5. The fourth-order valence-corrected chi connectivity index (χ4v) is 3.88. The summed E-state index contributed by atoms with van der Waals surface area (Å²) in [5.41, 5.74) is 0.718. The zero-order chi connectivity index (χ0) is 19.5. The van der Waals surface area contributed by atoms with Gasteiger partial charge in [0.1, 0.15) is 29.1 Å². The van der Waals surface area contributed by atoms with Gasteiger partial charge in [0.05, 0.1) is 18.3 Å². The summed E-state index contributed by atoms with van der Waals surface area (Å²) in [5, 5.41) is 14.9. The number of rotatable bonds is 7. The van der Waals surface area contributed by atoms with E-state index in [1.165, 1.54) is 16.8 Å². The molecule has 4 rings (SSSR count). The summed E-state index contributed by atoms with van der Waals surface area (Å²) in [4.78, 5) is 13.0. The summed E-state index contributed by atoms with van der Waals surface area (Å²) in [6, 6.07) is 6.99. The second-order valence-corrected chi connectivity index (χ2v) is 7.16. The Morgan fingerprint density at radius 1 is 1.32 bits per heavy atom. The van der Waals surface area contributed by atoms with E-state index in [1.54, 1.807) is 30.7 Å². The van der Waals surface area contributed by atoms with Crippen molar-refractivity contribution >= 4 is 23.4 Å². The Bertz CT molecular complexity index is 991. The summed E-state index contributed by atoms with van der Waals surface area (Å²) >= 11 is 1.33. The zero-order valence-electron chi connectivity index (χ0n) is 15.3. The van der Waals surface area contributed by atoms with Crippen molar-refractivity contribution in [3.63, 3.8) is 0 Å². The van der Waals surface area contributed by atoms with Gasteiger partial charge in [0.25, 0.3) is 5.91 Å². The monoisotopic (exact) mass is 397 g/mol. The van der Waals surface area contributed by atoms with Crippen LogP contribution in [-0.2, 0) is 11.3 Å². The van der Waals surface area contributed by atoms with Gasteiger partial charge in [-0.1, -0.05) is 17.8 Å². The van der Waals surface area contributed by atoms with E-state index in [0.29, 0.717) is 29.6 Å². The van der Waals surface area contributed by atoms with Gasteiger partial charge in [-0.3, -0.25) is 4.79 Å². The standard InChI is InChI=1S/C19H19N5O3S/c1-3-8-23-13(2)20-21-19(23)28-12-18(25)24-15(17-7-5-10-27-17)11-14(22-24)16-6-4-9-26-16/h3-7,9-10,15H,1,8,11-12H2,2H3. The van der Waals surface area contributed by atoms with Crippen molar-refractivity contribution in [1.29, 1.82) is 0 Å². The van der Waals surface area contributed by atoms with Crippen molar-refractivity contribution in [3.8, 4) is 0 Å². The molecule has 3 aromatic rings. The topological polar surface area (TPSA) is 89.7 Å². The third kappa shape index (κ3) is 3.53. The first-order valence-electron chi connectivity index (χ1n) is 8.77. The molecule has 0 saturated carbocycles. The molecule has 28 heavy (non-hydrogen) atoms. The number of hydrogen-bond acceptors (Lipinski definition) is 7. The molecule has 0 bridgehead atoms. The number of aryl methyl sites for hydroxylation is 1. The number of thioether (sulfide) groups is 1. The lowest BCUT2D eigenvalue weighted by atomic mass is 10.1. The highest BCUT2D eigenvalue weighted by Gasteiger charge is 2.35. The highest BCUT2D eigenvalue weighted by atomic mass is 32.2. The maximum Gasteiger partial charge on any atom is 0.253 e. The maximum atomic E-state index is 13.0. The van der Waals surface area contributed by atoms with Crippen LogP contribution in [0.2, 0.25) is 0 Å². The number of carbonyl (C=O) groups is 1. The van der Waals surface area contributed by atoms with E-state index in [9.17, 15) is 4.79 Å². The zero-order valence-corrected chi connectivity index (χ0v) is 16.1. The summed E-state index contributed by atoms with van der Waals surface area (Å²) in [5.74, 6) is 2.16. The van der Waals surface area contributed by atoms with Gasteiger partial charge in [0.2, 0.25) is 0 Å². The molecule has 8 nitrogen and oxygen atoms in total. The summed E-state index contributed by atoms with van der Waals surface area (Å²) in [6.07, 6.45) is 5.49. The molecule has 9 heteroatoms. The molecule has 0 spiro atoms. The first-order valence-corrected chi connectivity index (χ1v) is 9.76. The molecule has 0 saturated heterocycles. The number of allylic oxidation sites excluding steroid dienone is 1. The van der Waals surface area contributed by atoms with E-state index >= 15 is 0 Å². The molecule has 1 amide bonds. The van der Waals surface area contributed by atoms with Crippen LogP contribution in [0.3, 0.4) is 0 Å². The molecule has 144 valence electrons. The molecule has 1 atom stereocenters. The normalized spacial score (nSPS) is 16.4. The second-order valence-electron chi connectivity index (χ2n) is 6.22. The highest BCUT2D eigenvalue weighted by Crippen LogP contribution is 2.34. The Morgan fingerprint density at radius 3 is 2.86 bits per heavy atom. The predicted molar refractivity (Wildman–Crippen MR) is 104 cm³/mol. The SMILES string of the molecule is C=CCn1c(C)nnc1SCC(=O)N1N=C(c2ccco2)CC1c1ccco1. The molecule has 1 aliphatic rings. The largest absolute Gasteiger partial charge is 0.467 e. The molecule has 1 aliphatic heterocycles. The molecule has 1 unspecified atom stereocenters. The van der Waals surface area contributed by atoms with Gasteiger partial charge >= 0.3 is 0 Å². The number of furan rings is 2. The van der Waals surface area contributed by atoms with E-state index in [0.717, 1.165) is 11.5 Å². The van der Waals surface area contributed by atoms with Gasteiger partial charge in [0.15, 0.2) is 5.16 Å². The van der Waals surface area contributed by atoms with Crippen molar-refractivity contribution in [1.82, 2.24) is 19.8 Å². The smallest absolute Gasteiger partial charge is 0.253 e. The van der Waals surface area contributed by atoms with E-state index in [4.69, 9.17) is 8.83 Å². The average Bonchev–Trinajstić information content (AvgIpc) is 3.47. The second kappa shape index (κ2) is 7.89. The van der Waals surface area contributed by atoms with Crippen LogP contribution >= 0.6 is 11.8 Å². The van der Waals surface area contributed by atoms with E-state index in [1.807, 2.05) is 23.6 Å². The minimum atomic E-state index is -0.295. The van der Waals surface area contributed by atoms with E-state index < -0.39 is 0 Å². The number of carbonyl (C=O) groups excluding carboxylic acids is 1. The fourth-order valence-electron chi connectivity index (χ4n) is 3.03. The van der Waals surface area contributed by atoms with Gasteiger partial charge in [-0.25, -0.2) is 5.01 Å². The molecule has 0 N–H and O–H groups in total. The third-order valence-corrected chi connectivity index (χ3v) is 5.33.